The second kappa shape index (κ2) is 7.71. The van der Waals surface area contributed by atoms with Crippen molar-refractivity contribution in [1.82, 2.24) is 0 Å². The molecule has 0 radical (unpaired) electrons. The Balaban J connectivity index is 0.00000102. The van der Waals surface area contributed by atoms with Crippen LogP contribution < -0.4 is 0 Å². The largest absolute Gasteiger partial charge is 0.391 e. The average molecular weight is 387 g/mol. The maximum atomic E-state index is 13.1. The molecule has 1 nitrogen and oxygen atoms in total. The minimum atomic E-state index is -4.01. The standard InChI is InChI=1S/C21H31F3O.C2H6/c1-12(25)18-7-8-19-17-5-3-13-11-14(21(22,23)24)4-6-15(13)16(17)9-10-20(18,19)2;1-2/h13-19H,3-11H2,1-2H3;1-2H3/t13-,14?,15+,16?,17-,18-,19?,20-;/m1./s1. The van der Waals surface area contributed by atoms with E-state index in [0.29, 0.717) is 42.3 Å². The molecule has 0 aromatic carbocycles. The second-order valence-corrected chi connectivity index (χ2v) is 9.77. The van der Waals surface area contributed by atoms with Gasteiger partial charge in [-0.15, -0.1) is 0 Å². The number of carbonyl (C=O) groups excluding carboxylic acids is 1. The van der Waals surface area contributed by atoms with Crippen molar-refractivity contribution in [3.05, 3.63) is 0 Å². The Morgan fingerprint density at radius 3 is 2.19 bits per heavy atom. The smallest absolute Gasteiger partial charge is 0.300 e. The summed E-state index contributed by atoms with van der Waals surface area (Å²) in [6, 6.07) is 0. The van der Waals surface area contributed by atoms with Gasteiger partial charge in [0.05, 0.1) is 5.92 Å². The highest BCUT2D eigenvalue weighted by Crippen LogP contribution is 2.64. The van der Waals surface area contributed by atoms with E-state index >= 15 is 0 Å². The first-order chi connectivity index (χ1) is 12.7. The summed E-state index contributed by atoms with van der Waals surface area (Å²) >= 11 is 0. The normalized spacial score (nSPS) is 46.4. The Morgan fingerprint density at radius 2 is 1.56 bits per heavy atom. The number of fused-ring (bicyclic) bond motifs is 5. The van der Waals surface area contributed by atoms with Crippen LogP contribution in [0.4, 0.5) is 13.2 Å². The fourth-order valence-corrected chi connectivity index (χ4v) is 7.82. The predicted molar refractivity (Wildman–Crippen MR) is 102 cm³/mol. The van der Waals surface area contributed by atoms with Gasteiger partial charge in [0.15, 0.2) is 0 Å². The van der Waals surface area contributed by atoms with Crippen molar-refractivity contribution in [2.24, 2.45) is 46.8 Å². The average Bonchev–Trinajstić information content (AvgIpc) is 2.99. The van der Waals surface area contributed by atoms with Gasteiger partial charge < -0.3 is 0 Å². The lowest BCUT2D eigenvalue weighted by Crippen LogP contribution is -2.49. The van der Waals surface area contributed by atoms with E-state index in [1.54, 1.807) is 6.92 Å². The Labute approximate surface area is 162 Å². The summed E-state index contributed by atoms with van der Waals surface area (Å²) in [5.74, 6) is 2.21. The molecule has 4 rings (SSSR count). The lowest BCUT2D eigenvalue weighted by Gasteiger charge is -2.56. The van der Waals surface area contributed by atoms with Gasteiger partial charge in [-0.3, -0.25) is 4.79 Å². The molecule has 4 saturated carbocycles. The summed E-state index contributed by atoms with van der Waals surface area (Å²) in [7, 11) is 0. The molecular formula is C23H37F3O. The lowest BCUT2D eigenvalue weighted by molar-refractivity contribution is -0.196. The van der Waals surface area contributed by atoms with Gasteiger partial charge in [0.1, 0.15) is 5.78 Å². The molecule has 4 aliphatic rings. The van der Waals surface area contributed by atoms with Crippen LogP contribution in [-0.4, -0.2) is 12.0 Å². The zero-order chi connectivity index (χ0) is 20.0. The van der Waals surface area contributed by atoms with Gasteiger partial charge in [-0.2, -0.15) is 13.2 Å². The van der Waals surface area contributed by atoms with E-state index in [4.69, 9.17) is 0 Å². The molecule has 4 heteroatoms. The zero-order valence-electron chi connectivity index (χ0n) is 17.4. The summed E-state index contributed by atoms with van der Waals surface area (Å²) in [5.41, 5.74) is 0.156. The molecule has 0 N–H and O–H groups in total. The van der Waals surface area contributed by atoms with Gasteiger partial charge in [0.2, 0.25) is 0 Å². The van der Waals surface area contributed by atoms with Crippen molar-refractivity contribution in [2.75, 3.05) is 0 Å². The molecule has 4 fully saturated rings. The number of halogens is 3. The highest BCUT2D eigenvalue weighted by Gasteiger charge is 2.58. The van der Waals surface area contributed by atoms with Crippen molar-refractivity contribution < 1.29 is 18.0 Å². The van der Waals surface area contributed by atoms with E-state index in [-0.39, 0.29) is 17.3 Å². The van der Waals surface area contributed by atoms with E-state index in [0.717, 1.165) is 44.9 Å². The van der Waals surface area contributed by atoms with Gasteiger partial charge >= 0.3 is 6.18 Å². The quantitative estimate of drug-likeness (QED) is 0.472. The van der Waals surface area contributed by atoms with Gasteiger partial charge in [0.25, 0.3) is 0 Å². The third kappa shape index (κ3) is 3.59. The fourth-order valence-electron chi connectivity index (χ4n) is 7.82. The molecule has 0 aliphatic heterocycles. The number of hydrogen-bond donors (Lipinski definition) is 0. The molecule has 0 amide bonds. The van der Waals surface area contributed by atoms with Crippen molar-refractivity contribution in [3.8, 4) is 0 Å². The zero-order valence-corrected chi connectivity index (χ0v) is 17.4. The highest BCUT2D eigenvalue weighted by atomic mass is 19.4. The SMILES string of the molecule is CC.CC(=O)[C@H]1CCC2[C@@H]3CC[C@@H]4CC(C(F)(F)F)CC[C@@H]4C3CC[C@@]21C. The van der Waals surface area contributed by atoms with Crippen LogP contribution in [0.15, 0.2) is 0 Å². The monoisotopic (exact) mass is 386 g/mol. The summed E-state index contributed by atoms with van der Waals surface area (Å²) in [5, 5.41) is 0. The van der Waals surface area contributed by atoms with Crippen LogP contribution in [0.3, 0.4) is 0 Å². The maximum absolute atomic E-state index is 13.1. The first-order valence-electron chi connectivity index (χ1n) is 11.3. The summed E-state index contributed by atoms with van der Waals surface area (Å²) in [4.78, 5) is 12.1. The molecule has 0 aromatic rings. The Morgan fingerprint density at radius 1 is 0.889 bits per heavy atom. The molecular weight excluding hydrogens is 349 g/mol. The van der Waals surface area contributed by atoms with E-state index in [2.05, 4.69) is 6.92 Å². The number of alkyl halides is 3. The maximum Gasteiger partial charge on any atom is 0.391 e. The highest BCUT2D eigenvalue weighted by molar-refractivity contribution is 5.79. The third-order valence-electron chi connectivity index (χ3n) is 8.91. The molecule has 8 atom stereocenters. The van der Waals surface area contributed by atoms with Crippen LogP contribution in [0.25, 0.3) is 0 Å². The van der Waals surface area contributed by atoms with Crippen LogP contribution >= 0.6 is 0 Å². The van der Waals surface area contributed by atoms with Gasteiger partial charge in [-0.25, -0.2) is 0 Å². The van der Waals surface area contributed by atoms with Gasteiger partial charge in [-0.1, -0.05) is 20.8 Å². The minimum absolute atomic E-state index is 0.156. The molecule has 27 heavy (non-hydrogen) atoms. The van der Waals surface area contributed by atoms with E-state index in [1.807, 2.05) is 13.8 Å². The molecule has 0 bridgehead atoms. The summed E-state index contributed by atoms with van der Waals surface area (Å²) in [6.07, 6.45) is 3.99. The first-order valence-corrected chi connectivity index (χ1v) is 11.3. The molecule has 0 aromatic heterocycles. The molecule has 0 heterocycles. The molecule has 3 unspecified atom stereocenters. The minimum Gasteiger partial charge on any atom is -0.300 e. The van der Waals surface area contributed by atoms with Crippen LogP contribution in [0, 0.1) is 46.8 Å². The van der Waals surface area contributed by atoms with Crippen LogP contribution in [0.2, 0.25) is 0 Å². The molecule has 4 aliphatic carbocycles. The van der Waals surface area contributed by atoms with Crippen molar-refractivity contribution in [1.29, 1.82) is 0 Å². The van der Waals surface area contributed by atoms with E-state index in [1.165, 1.54) is 0 Å². The summed E-state index contributed by atoms with van der Waals surface area (Å²) < 4.78 is 39.4. The second-order valence-electron chi connectivity index (χ2n) is 9.77. The number of Topliss-reactive ketones (excluding diaryl/α,β-unsaturated/α-hetero) is 1. The van der Waals surface area contributed by atoms with Crippen LogP contribution in [-0.2, 0) is 4.79 Å². The number of hydrogen-bond acceptors (Lipinski definition) is 1. The predicted octanol–water partition coefficient (Wildman–Crippen LogP) is 7.05. The van der Waals surface area contributed by atoms with Crippen LogP contribution in [0.5, 0.6) is 0 Å². The van der Waals surface area contributed by atoms with Crippen molar-refractivity contribution >= 4 is 5.78 Å². The van der Waals surface area contributed by atoms with Gasteiger partial charge in [0, 0.05) is 5.92 Å². The number of carbonyl (C=O) groups is 1. The summed E-state index contributed by atoms with van der Waals surface area (Å²) in [6.45, 7) is 8.08. The molecule has 0 saturated heterocycles. The van der Waals surface area contributed by atoms with E-state index < -0.39 is 12.1 Å². The Hall–Kier alpha value is -0.540. The van der Waals surface area contributed by atoms with Crippen molar-refractivity contribution in [3.63, 3.8) is 0 Å². The Kier molecular flexibility index (Phi) is 6.04. The Bertz CT molecular complexity index is 542. The number of rotatable bonds is 1. The molecule has 156 valence electrons. The van der Waals surface area contributed by atoms with Crippen molar-refractivity contribution in [2.45, 2.75) is 91.7 Å². The van der Waals surface area contributed by atoms with Crippen LogP contribution in [0.1, 0.15) is 85.5 Å². The van der Waals surface area contributed by atoms with E-state index in [9.17, 15) is 18.0 Å². The topological polar surface area (TPSA) is 17.1 Å². The first kappa shape index (κ1) is 21.2. The molecule has 0 spiro atoms. The number of ketones is 1. The lowest BCUT2D eigenvalue weighted by atomic mass is 9.49. The fraction of sp³-hybridized carbons (Fsp3) is 0.957. The van der Waals surface area contributed by atoms with Gasteiger partial charge in [-0.05, 0) is 99.7 Å². The third-order valence-corrected chi connectivity index (χ3v) is 8.91.